The zero-order valence-corrected chi connectivity index (χ0v) is 9.13. The van der Waals surface area contributed by atoms with E-state index in [1.807, 2.05) is 0 Å². The third-order valence-electron chi connectivity index (χ3n) is 2.35. The molecule has 0 radical (unpaired) electrons. The van der Waals surface area contributed by atoms with Crippen molar-refractivity contribution in [3.05, 3.63) is 0 Å². The van der Waals surface area contributed by atoms with E-state index >= 15 is 0 Å². The van der Waals surface area contributed by atoms with E-state index in [2.05, 4.69) is 9.46 Å². The highest BCUT2D eigenvalue weighted by Gasteiger charge is 2.31. The number of hydrogen-bond acceptors (Lipinski definition) is 4. The smallest absolute Gasteiger partial charge is 0.308 e. The third kappa shape index (κ3) is 3.26. The van der Waals surface area contributed by atoms with Gasteiger partial charge in [0.2, 0.25) is 10.0 Å². The van der Waals surface area contributed by atoms with E-state index in [-0.39, 0.29) is 17.9 Å². The second kappa shape index (κ2) is 4.27. The highest BCUT2D eigenvalue weighted by Crippen LogP contribution is 2.26. The van der Waals surface area contributed by atoms with Gasteiger partial charge in [0.15, 0.2) is 0 Å². The van der Waals surface area contributed by atoms with Crippen LogP contribution >= 0.6 is 0 Å². The van der Waals surface area contributed by atoms with E-state index in [0.29, 0.717) is 19.3 Å². The Morgan fingerprint density at radius 3 is 2.57 bits per heavy atom. The Hall–Kier alpha value is -0.620. The molecule has 82 valence electrons. The van der Waals surface area contributed by atoms with Crippen molar-refractivity contribution in [1.82, 2.24) is 4.72 Å². The van der Waals surface area contributed by atoms with Gasteiger partial charge in [0.25, 0.3) is 0 Å². The van der Waals surface area contributed by atoms with Crippen molar-refractivity contribution in [1.29, 1.82) is 0 Å². The van der Waals surface area contributed by atoms with Crippen molar-refractivity contribution in [2.75, 3.05) is 13.4 Å². The third-order valence-corrected chi connectivity index (χ3v) is 3.11. The minimum absolute atomic E-state index is 0.117. The zero-order valence-electron chi connectivity index (χ0n) is 8.32. The van der Waals surface area contributed by atoms with Gasteiger partial charge >= 0.3 is 5.97 Å². The Balaban J connectivity index is 2.46. The van der Waals surface area contributed by atoms with Crippen molar-refractivity contribution < 1.29 is 17.9 Å². The molecule has 5 nitrogen and oxygen atoms in total. The predicted molar refractivity (Wildman–Crippen MR) is 51.1 cm³/mol. The quantitative estimate of drug-likeness (QED) is 0.674. The Morgan fingerprint density at radius 1 is 1.43 bits per heavy atom. The number of ether oxygens (including phenoxy) is 1. The van der Waals surface area contributed by atoms with Crippen LogP contribution in [0.3, 0.4) is 0 Å². The van der Waals surface area contributed by atoms with Crippen molar-refractivity contribution in [3.63, 3.8) is 0 Å². The van der Waals surface area contributed by atoms with Crippen LogP contribution in [0.25, 0.3) is 0 Å². The summed E-state index contributed by atoms with van der Waals surface area (Å²) in [5.74, 6) is -0.401. The summed E-state index contributed by atoms with van der Waals surface area (Å²) in [6, 6.07) is -0.117. The molecule has 0 spiro atoms. The second-order valence-corrected chi connectivity index (χ2v) is 5.40. The van der Waals surface area contributed by atoms with Crippen LogP contribution in [-0.4, -0.2) is 33.8 Å². The molecule has 1 rings (SSSR count). The fourth-order valence-corrected chi connectivity index (χ4v) is 2.59. The maximum absolute atomic E-state index is 11.1. The summed E-state index contributed by atoms with van der Waals surface area (Å²) in [7, 11) is -1.82. The van der Waals surface area contributed by atoms with Crippen LogP contribution in [-0.2, 0) is 19.6 Å². The van der Waals surface area contributed by atoms with Gasteiger partial charge in [-0.05, 0) is 19.3 Å². The molecule has 0 heterocycles. The molecule has 1 aliphatic rings. The largest absolute Gasteiger partial charge is 0.469 e. The molecule has 2 atom stereocenters. The van der Waals surface area contributed by atoms with E-state index < -0.39 is 10.0 Å². The lowest BCUT2D eigenvalue weighted by Gasteiger charge is -2.10. The summed E-state index contributed by atoms with van der Waals surface area (Å²) in [5.41, 5.74) is 0. The van der Waals surface area contributed by atoms with Crippen molar-refractivity contribution in [3.8, 4) is 0 Å². The van der Waals surface area contributed by atoms with Gasteiger partial charge < -0.3 is 4.74 Å². The van der Waals surface area contributed by atoms with Gasteiger partial charge in [-0.25, -0.2) is 13.1 Å². The maximum Gasteiger partial charge on any atom is 0.308 e. The highest BCUT2D eigenvalue weighted by molar-refractivity contribution is 7.88. The van der Waals surface area contributed by atoms with E-state index in [1.54, 1.807) is 0 Å². The fraction of sp³-hybridized carbons (Fsp3) is 0.875. The van der Waals surface area contributed by atoms with Crippen molar-refractivity contribution >= 4 is 16.0 Å². The van der Waals surface area contributed by atoms with Gasteiger partial charge in [-0.15, -0.1) is 0 Å². The number of nitrogens with one attached hydrogen (secondary N) is 1. The first kappa shape index (κ1) is 11.5. The van der Waals surface area contributed by atoms with Gasteiger partial charge in [-0.3, -0.25) is 4.79 Å². The fourth-order valence-electron chi connectivity index (χ4n) is 1.77. The Morgan fingerprint density at radius 2 is 2.07 bits per heavy atom. The van der Waals surface area contributed by atoms with Gasteiger partial charge in [0.1, 0.15) is 0 Å². The van der Waals surface area contributed by atoms with Crippen LogP contribution < -0.4 is 4.72 Å². The molecule has 1 aliphatic carbocycles. The molecule has 1 saturated carbocycles. The maximum atomic E-state index is 11.1. The molecule has 0 bridgehead atoms. The van der Waals surface area contributed by atoms with Crippen LogP contribution in [0.5, 0.6) is 0 Å². The summed E-state index contributed by atoms with van der Waals surface area (Å²) in [6.07, 6.45) is 3.06. The molecule has 0 unspecified atom stereocenters. The average Bonchev–Trinajstić information content (AvgIpc) is 2.48. The molecule has 0 aliphatic heterocycles. The van der Waals surface area contributed by atoms with Crippen LogP contribution in [0, 0.1) is 5.92 Å². The van der Waals surface area contributed by atoms with Gasteiger partial charge in [-0.1, -0.05) is 0 Å². The lowest BCUT2D eigenvalue weighted by atomic mass is 10.1. The summed E-state index contributed by atoms with van der Waals surface area (Å²) >= 11 is 0. The first-order valence-corrected chi connectivity index (χ1v) is 6.36. The van der Waals surface area contributed by atoms with Gasteiger partial charge in [0, 0.05) is 6.04 Å². The Bertz CT molecular complexity index is 311. The topological polar surface area (TPSA) is 72.5 Å². The van der Waals surface area contributed by atoms with Crippen molar-refractivity contribution in [2.45, 2.75) is 25.3 Å². The molecular weight excluding hydrogens is 206 g/mol. The molecule has 0 saturated heterocycles. The normalized spacial score (nSPS) is 27.6. The Labute approximate surface area is 83.9 Å². The SMILES string of the molecule is COC(=O)[C@H]1CC[C@H](NS(C)(=O)=O)C1. The summed E-state index contributed by atoms with van der Waals surface area (Å²) in [5, 5.41) is 0. The number of esters is 1. The summed E-state index contributed by atoms with van der Waals surface area (Å²) in [6.45, 7) is 0. The van der Waals surface area contributed by atoms with Crippen LogP contribution in [0.2, 0.25) is 0 Å². The molecule has 0 amide bonds. The van der Waals surface area contributed by atoms with Crippen molar-refractivity contribution in [2.24, 2.45) is 5.92 Å². The molecule has 0 aromatic heterocycles. The molecule has 0 aromatic carbocycles. The second-order valence-electron chi connectivity index (χ2n) is 3.62. The van der Waals surface area contributed by atoms with Gasteiger partial charge in [-0.2, -0.15) is 0 Å². The monoisotopic (exact) mass is 221 g/mol. The molecular formula is C8H15NO4S. The van der Waals surface area contributed by atoms with E-state index in [4.69, 9.17) is 0 Å². The number of methoxy groups -OCH3 is 1. The van der Waals surface area contributed by atoms with Crippen LogP contribution in [0.4, 0.5) is 0 Å². The van der Waals surface area contributed by atoms with E-state index in [0.717, 1.165) is 6.26 Å². The standard InChI is InChI=1S/C8H15NO4S/c1-13-8(10)6-3-4-7(5-6)9-14(2,11)12/h6-7,9H,3-5H2,1-2H3/t6-,7-/m0/s1. The first-order valence-electron chi connectivity index (χ1n) is 4.47. The Kier molecular flexibility index (Phi) is 3.49. The number of rotatable bonds is 3. The highest BCUT2D eigenvalue weighted by atomic mass is 32.2. The van der Waals surface area contributed by atoms with E-state index in [1.165, 1.54) is 7.11 Å². The number of sulfonamides is 1. The molecule has 1 fully saturated rings. The first-order chi connectivity index (χ1) is 6.42. The summed E-state index contributed by atoms with van der Waals surface area (Å²) in [4.78, 5) is 11.1. The number of carbonyl (C=O) groups excluding carboxylic acids is 1. The number of carbonyl (C=O) groups is 1. The summed E-state index contributed by atoms with van der Waals surface area (Å²) < 4.78 is 28.9. The van der Waals surface area contributed by atoms with Gasteiger partial charge in [0.05, 0.1) is 19.3 Å². The minimum Gasteiger partial charge on any atom is -0.469 e. The van der Waals surface area contributed by atoms with Crippen LogP contribution in [0.1, 0.15) is 19.3 Å². The lowest BCUT2D eigenvalue weighted by molar-refractivity contribution is -0.145. The van der Waals surface area contributed by atoms with E-state index in [9.17, 15) is 13.2 Å². The zero-order chi connectivity index (χ0) is 10.8. The molecule has 6 heteroatoms. The van der Waals surface area contributed by atoms with Crippen LogP contribution in [0.15, 0.2) is 0 Å². The molecule has 14 heavy (non-hydrogen) atoms. The molecule has 1 N–H and O–H groups in total. The average molecular weight is 221 g/mol. The molecule has 0 aromatic rings. The minimum atomic E-state index is -3.17. The number of hydrogen-bond donors (Lipinski definition) is 1. The lowest BCUT2D eigenvalue weighted by Crippen LogP contribution is -2.32. The predicted octanol–water partition coefficient (Wildman–Crippen LogP) is -0.123.